The second-order valence-electron chi connectivity index (χ2n) is 7.82. The summed E-state index contributed by atoms with van der Waals surface area (Å²) in [4.78, 5) is 27.5. The fraction of sp³-hybridized carbons (Fsp3) is 0.391. The Balaban J connectivity index is 2.53. The maximum atomic E-state index is 13.6. The Morgan fingerprint density at radius 3 is 2.21 bits per heavy atom. The molecule has 1 N–H and O–H groups in total. The highest BCUT2D eigenvalue weighted by molar-refractivity contribution is 7.92. The fourth-order valence-electron chi connectivity index (χ4n) is 3.52. The molecule has 10 heteroatoms. The second-order valence-corrected chi connectivity index (χ2v) is 10.5. The molecule has 0 saturated carbocycles. The molecule has 0 bridgehead atoms. The monoisotopic (exact) mass is 513 g/mol. The van der Waals surface area contributed by atoms with Crippen molar-refractivity contribution in [2.75, 3.05) is 24.2 Å². The van der Waals surface area contributed by atoms with Crippen molar-refractivity contribution < 1.29 is 18.0 Å². The Morgan fingerprint density at radius 2 is 1.70 bits per heavy atom. The Labute approximate surface area is 205 Å². The number of halogens is 2. The van der Waals surface area contributed by atoms with E-state index in [1.54, 1.807) is 44.2 Å². The van der Waals surface area contributed by atoms with Gasteiger partial charge in [0.1, 0.15) is 12.6 Å². The summed E-state index contributed by atoms with van der Waals surface area (Å²) in [6.45, 7) is 4.87. The molecule has 2 aromatic carbocycles. The van der Waals surface area contributed by atoms with Gasteiger partial charge in [0, 0.05) is 29.2 Å². The smallest absolute Gasteiger partial charge is 0.244 e. The van der Waals surface area contributed by atoms with Gasteiger partial charge in [0.2, 0.25) is 21.8 Å². The average molecular weight is 514 g/mol. The number of aryl methyl sites for hydroxylation is 2. The quantitative estimate of drug-likeness (QED) is 0.550. The van der Waals surface area contributed by atoms with Gasteiger partial charge in [0.05, 0.1) is 11.9 Å². The van der Waals surface area contributed by atoms with Crippen molar-refractivity contribution in [2.24, 2.45) is 0 Å². The number of nitrogens with one attached hydrogen (secondary N) is 1. The minimum absolute atomic E-state index is 0.0479. The molecule has 1 atom stereocenters. The van der Waals surface area contributed by atoms with Crippen molar-refractivity contribution in [3.05, 3.63) is 63.1 Å². The van der Waals surface area contributed by atoms with E-state index in [0.29, 0.717) is 33.3 Å². The predicted octanol–water partition coefficient (Wildman–Crippen LogP) is 3.93. The number of carbonyl (C=O) groups excluding carboxylic acids is 2. The first-order valence-corrected chi connectivity index (χ1v) is 13.0. The molecular formula is C23H29Cl2N3O4S. The van der Waals surface area contributed by atoms with Crippen LogP contribution >= 0.6 is 23.2 Å². The van der Waals surface area contributed by atoms with Gasteiger partial charge in [-0.25, -0.2) is 8.42 Å². The molecule has 33 heavy (non-hydrogen) atoms. The minimum atomic E-state index is -3.80. The van der Waals surface area contributed by atoms with E-state index in [0.717, 1.165) is 16.1 Å². The number of carbonyl (C=O) groups is 2. The summed E-state index contributed by atoms with van der Waals surface area (Å²) in [5.74, 6) is -0.917. The third-order valence-corrected chi connectivity index (χ3v) is 7.17. The SMILES string of the molecule is CC[C@@H](C(=O)NC)N(Cc1c(Cl)cccc1Cl)C(=O)CN(c1cc(C)ccc1C)S(C)(=O)=O. The molecule has 0 saturated heterocycles. The van der Waals surface area contributed by atoms with E-state index in [2.05, 4.69) is 5.32 Å². The van der Waals surface area contributed by atoms with Gasteiger partial charge in [-0.05, 0) is 49.6 Å². The van der Waals surface area contributed by atoms with Crippen molar-refractivity contribution in [3.63, 3.8) is 0 Å². The third-order valence-electron chi connectivity index (χ3n) is 5.33. The average Bonchev–Trinajstić information content (AvgIpc) is 2.74. The minimum Gasteiger partial charge on any atom is -0.357 e. The van der Waals surface area contributed by atoms with E-state index in [9.17, 15) is 18.0 Å². The molecule has 0 aromatic heterocycles. The maximum Gasteiger partial charge on any atom is 0.244 e. The first-order chi connectivity index (χ1) is 15.4. The lowest BCUT2D eigenvalue weighted by atomic mass is 10.1. The second kappa shape index (κ2) is 11.2. The number of anilines is 1. The zero-order chi connectivity index (χ0) is 24.9. The number of rotatable bonds is 9. The molecule has 2 amide bonds. The molecular weight excluding hydrogens is 485 g/mol. The van der Waals surface area contributed by atoms with Crippen LogP contribution in [0, 0.1) is 13.8 Å². The van der Waals surface area contributed by atoms with Gasteiger partial charge in [0.25, 0.3) is 0 Å². The highest BCUT2D eigenvalue weighted by atomic mass is 35.5. The highest BCUT2D eigenvalue weighted by Crippen LogP contribution is 2.28. The lowest BCUT2D eigenvalue weighted by Gasteiger charge is -2.33. The van der Waals surface area contributed by atoms with E-state index >= 15 is 0 Å². The van der Waals surface area contributed by atoms with E-state index < -0.39 is 28.5 Å². The van der Waals surface area contributed by atoms with Crippen LogP contribution in [0.5, 0.6) is 0 Å². The van der Waals surface area contributed by atoms with Gasteiger partial charge >= 0.3 is 0 Å². The van der Waals surface area contributed by atoms with Crippen molar-refractivity contribution in [3.8, 4) is 0 Å². The molecule has 2 rings (SSSR count). The summed E-state index contributed by atoms with van der Waals surface area (Å²) in [5.41, 5.74) is 2.45. The van der Waals surface area contributed by atoms with Gasteiger partial charge in [-0.2, -0.15) is 0 Å². The molecule has 0 aliphatic rings. The summed E-state index contributed by atoms with van der Waals surface area (Å²) < 4.78 is 26.4. The van der Waals surface area contributed by atoms with E-state index in [-0.39, 0.29) is 12.5 Å². The van der Waals surface area contributed by atoms with E-state index in [4.69, 9.17) is 23.2 Å². The normalized spacial score (nSPS) is 12.2. The Hall–Kier alpha value is -2.29. The maximum absolute atomic E-state index is 13.6. The Morgan fingerprint density at radius 1 is 1.09 bits per heavy atom. The summed E-state index contributed by atoms with van der Waals surface area (Å²) in [5, 5.41) is 3.26. The molecule has 0 unspecified atom stereocenters. The van der Waals surface area contributed by atoms with Gasteiger partial charge in [-0.3, -0.25) is 13.9 Å². The van der Waals surface area contributed by atoms with Gasteiger partial charge < -0.3 is 10.2 Å². The highest BCUT2D eigenvalue weighted by Gasteiger charge is 2.32. The molecule has 0 heterocycles. The van der Waals surface area contributed by atoms with Crippen LogP contribution < -0.4 is 9.62 Å². The standard InChI is InChI=1S/C23H29Cl2N3O4S/c1-6-20(23(30)26-4)27(13-17-18(24)8-7-9-19(17)25)22(29)14-28(33(5,31)32)21-12-15(2)10-11-16(21)3/h7-12,20H,6,13-14H2,1-5H3,(H,26,30)/t20-/m0/s1. The van der Waals surface area contributed by atoms with E-state index in [1.165, 1.54) is 11.9 Å². The van der Waals surface area contributed by atoms with Crippen molar-refractivity contribution >= 4 is 50.7 Å². The number of nitrogens with zero attached hydrogens (tertiary/aromatic N) is 2. The third kappa shape index (κ3) is 6.62. The molecule has 0 aliphatic carbocycles. The summed E-state index contributed by atoms with van der Waals surface area (Å²) in [7, 11) is -2.32. The predicted molar refractivity (Wildman–Crippen MR) is 133 cm³/mol. The van der Waals surface area contributed by atoms with Crippen LogP contribution in [0.25, 0.3) is 0 Å². The van der Waals surface area contributed by atoms with Crippen LogP contribution in [0.2, 0.25) is 10.0 Å². The van der Waals surface area contributed by atoms with E-state index in [1.807, 2.05) is 13.0 Å². The van der Waals surface area contributed by atoms with Crippen molar-refractivity contribution in [1.82, 2.24) is 10.2 Å². The zero-order valence-corrected chi connectivity index (χ0v) is 21.7. The van der Waals surface area contributed by atoms with Crippen molar-refractivity contribution in [2.45, 2.75) is 39.8 Å². The van der Waals surface area contributed by atoms with Crippen molar-refractivity contribution in [1.29, 1.82) is 0 Å². The lowest BCUT2D eigenvalue weighted by molar-refractivity contribution is -0.140. The topological polar surface area (TPSA) is 86.8 Å². The zero-order valence-electron chi connectivity index (χ0n) is 19.4. The number of likely N-dealkylation sites (N-methyl/N-ethyl adjacent to an activating group) is 1. The molecule has 0 radical (unpaired) electrons. The summed E-state index contributed by atoms with van der Waals surface area (Å²) >= 11 is 12.6. The summed E-state index contributed by atoms with van der Waals surface area (Å²) in [6.07, 6.45) is 1.36. The molecule has 0 aliphatic heterocycles. The largest absolute Gasteiger partial charge is 0.357 e. The number of amides is 2. The molecule has 0 fully saturated rings. The molecule has 7 nitrogen and oxygen atoms in total. The number of hydrogen-bond donors (Lipinski definition) is 1. The number of sulfonamides is 1. The van der Waals surface area contributed by atoms with Gasteiger partial charge in [-0.1, -0.05) is 48.3 Å². The Kier molecular flexibility index (Phi) is 9.17. The van der Waals surface area contributed by atoms with Crippen LogP contribution in [0.15, 0.2) is 36.4 Å². The van der Waals surface area contributed by atoms with Crippen LogP contribution in [0.3, 0.4) is 0 Å². The van der Waals surface area contributed by atoms with Crippen LogP contribution in [0.1, 0.15) is 30.0 Å². The van der Waals surface area contributed by atoms with Gasteiger partial charge in [0.15, 0.2) is 0 Å². The first kappa shape index (κ1) is 27.0. The molecule has 2 aromatic rings. The molecule has 180 valence electrons. The van der Waals surface area contributed by atoms with Crippen LogP contribution in [-0.2, 0) is 26.2 Å². The van der Waals surface area contributed by atoms with Crippen LogP contribution in [0.4, 0.5) is 5.69 Å². The first-order valence-electron chi connectivity index (χ1n) is 10.4. The summed E-state index contributed by atoms with van der Waals surface area (Å²) in [6, 6.07) is 9.52. The molecule has 0 spiro atoms. The number of benzene rings is 2. The number of hydrogen-bond acceptors (Lipinski definition) is 4. The van der Waals surface area contributed by atoms with Gasteiger partial charge in [-0.15, -0.1) is 0 Å². The lowest BCUT2D eigenvalue weighted by Crippen LogP contribution is -2.51. The Bertz CT molecular complexity index is 1120. The fourth-order valence-corrected chi connectivity index (χ4v) is 4.94. The van der Waals surface area contributed by atoms with Crippen LogP contribution in [-0.4, -0.2) is 51.0 Å².